The van der Waals surface area contributed by atoms with E-state index in [0.29, 0.717) is 6.10 Å². The van der Waals surface area contributed by atoms with Crippen molar-refractivity contribution < 1.29 is 4.74 Å². The van der Waals surface area contributed by atoms with Crippen LogP contribution in [0.2, 0.25) is 0 Å². The Morgan fingerprint density at radius 3 is 2.18 bits per heavy atom. The van der Waals surface area contributed by atoms with E-state index in [1.54, 1.807) is 0 Å². The Kier molecular flexibility index (Phi) is 8.63. The zero-order valence-electron chi connectivity index (χ0n) is 14.4. The summed E-state index contributed by atoms with van der Waals surface area (Å²) in [6.07, 6.45) is 15.7. The molecule has 1 aliphatic heterocycles. The molecule has 0 saturated carbocycles. The lowest BCUT2D eigenvalue weighted by atomic mass is 9.90. The molecule has 1 heteroatoms. The van der Waals surface area contributed by atoms with Gasteiger partial charge in [0.1, 0.15) is 0 Å². The van der Waals surface area contributed by atoms with Crippen molar-refractivity contribution in [3.8, 4) is 0 Å². The summed E-state index contributed by atoms with van der Waals surface area (Å²) in [5.41, 5.74) is 1.38. The van der Waals surface area contributed by atoms with Crippen molar-refractivity contribution in [2.45, 2.75) is 83.7 Å². The van der Waals surface area contributed by atoms with Crippen molar-refractivity contribution in [3.63, 3.8) is 0 Å². The first-order chi connectivity index (χ1) is 10.9. The van der Waals surface area contributed by atoms with E-state index in [1.165, 1.54) is 76.2 Å². The van der Waals surface area contributed by atoms with Gasteiger partial charge in [0.2, 0.25) is 0 Å². The maximum Gasteiger partial charge on any atom is 0.0853 e. The molecule has 1 heterocycles. The number of hydrogen-bond donors (Lipinski definition) is 0. The zero-order chi connectivity index (χ0) is 15.5. The molecule has 0 unspecified atom stereocenters. The highest BCUT2D eigenvalue weighted by molar-refractivity contribution is 5.19. The third-order valence-electron chi connectivity index (χ3n) is 5.02. The van der Waals surface area contributed by atoms with Crippen LogP contribution in [0.25, 0.3) is 0 Å². The average Bonchev–Trinajstić information content (AvgIpc) is 3.02. The lowest BCUT2D eigenvalue weighted by Gasteiger charge is -2.18. The summed E-state index contributed by atoms with van der Waals surface area (Å²) in [5.74, 6) is 0.743. The van der Waals surface area contributed by atoms with Gasteiger partial charge in [0, 0.05) is 6.61 Å². The Morgan fingerprint density at radius 1 is 0.864 bits per heavy atom. The molecule has 0 bridgehead atoms. The van der Waals surface area contributed by atoms with Crippen LogP contribution in [0.5, 0.6) is 0 Å². The highest BCUT2D eigenvalue weighted by Crippen LogP contribution is 2.37. The van der Waals surface area contributed by atoms with Gasteiger partial charge in [-0.1, -0.05) is 95.0 Å². The summed E-state index contributed by atoms with van der Waals surface area (Å²) in [7, 11) is 0. The summed E-state index contributed by atoms with van der Waals surface area (Å²) in [6.45, 7) is 3.23. The van der Waals surface area contributed by atoms with Gasteiger partial charge in [0.15, 0.2) is 0 Å². The molecule has 1 aromatic rings. The smallest absolute Gasteiger partial charge is 0.0853 e. The fraction of sp³-hybridized carbons (Fsp3) is 0.714. The molecule has 22 heavy (non-hydrogen) atoms. The number of benzene rings is 1. The number of ether oxygens (including phenoxy) is 1. The Balaban J connectivity index is 1.55. The van der Waals surface area contributed by atoms with E-state index in [4.69, 9.17) is 4.74 Å². The van der Waals surface area contributed by atoms with Gasteiger partial charge in [-0.3, -0.25) is 0 Å². The van der Waals surface area contributed by atoms with Crippen LogP contribution in [0.3, 0.4) is 0 Å². The van der Waals surface area contributed by atoms with Crippen molar-refractivity contribution >= 4 is 0 Å². The second-order valence-electron chi connectivity index (χ2n) is 6.87. The van der Waals surface area contributed by atoms with Crippen LogP contribution in [-0.4, -0.2) is 6.61 Å². The molecular formula is C21H34O. The summed E-state index contributed by atoms with van der Waals surface area (Å²) in [6, 6.07) is 10.8. The molecule has 2 rings (SSSR count). The van der Waals surface area contributed by atoms with Gasteiger partial charge in [-0.2, -0.15) is 0 Å². The number of rotatable bonds is 11. The molecule has 1 aliphatic rings. The summed E-state index contributed by atoms with van der Waals surface area (Å²) < 4.78 is 5.98. The van der Waals surface area contributed by atoms with Crippen molar-refractivity contribution in [3.05, 3.63) is 35.9 Å². The largest absolute Gasteiger partial charge is 0.373 e. The molecular weight excluding hydrogens is 268 g/mol. The standard InChI is InChI=1S/C21H34O/c1-2-3-4-5-6-7-8-9-11-16-20-17-18-22-21(20)19-14-12-10-13-15-19/h10,12-15,20-21H,2-9,11,16-18H2,1H3/t20-,21+/m1/s1. The third-order valence-corrected chi connectivity index (χ3v) is 5.02. The molecule has 0 radical (unpaired) electrons. The molecule has 1 fully saturated rings. The highest BCUT2D eigenvalue weighted by Gasteiger charge is 2.28. The predicted octanol–water partition coefficient (Wildman–Crippen LogP) is 6.69. The second kappa shape index (κ2) is 10.8. The topological polar surface area (TPSA) is 9.23 Å². The fourth-order valence-electron chi connectivity index (χ4n) is 3.66. The molecule has 0 amide bonds. The second-order valence-corrected chi connectivity index (χ2v) is 6.87. The van der Waals surface area contributed by atoms with Crippen LogP contribution in [0.15, 0.2) is 30.3 Å². The predicted molar refractivity (Wildman–Crippen MR) is 95.1 cm³/mol. The van der Waals surface area contributed by atoms with Gasteiger partial charge in [-0.05, 0) is 24.3 Å². The minimum absolute atomic E-state index is 0.357. The Morgan fingerprint density at radius 2 is 1.50 bits per heavy atom. The van der Waals surface area contributed by atoms with Gasteiger partial charge in [0.25, 0.3) is 0 Å². The SMILES string of the molecule is CCCCCCCCCCC[C@@H]1CCO[C@H]1c1ccccc1. The molecule has 2 atom stereocenters. The van der Waals surface area contributed by atoms with E-state index in [2.05, 4.69) is 37.3 Å². The quantitative estimate of drug-likeness (QED) is 0.414. The van der Waals surface area contributed by atoms with Crippen molar-refractivity contribution in [1.29, 1.82) is 0 Å². The normalized spacial score (nSPS) is 21.3. The monoisotopic (exact) mass is 302 g/mol. The number of hydrogen-bond acceptors (Lipinski definition) is 1. The van der Waals surface area contributed by atoms with Gasteiger partial charge in [-0.15, -0.1) is 0 Å². The van der Waals surface area contributed by atoms with E-state index in [-0.39, 0.29) is 0 Å². The average molecular weight is 303 g/mol. The van der Waals surface area contributed by atoms with Crippen molar-refractivity contribution in [2.75, 3.05) is 6.61 Å². The molecule has 0 spiro atoms. The van der Waals surface area contributed by atoms with Crippen LogP contribution >= 0.6 is 0 Å². The summed E-state index contributed by atoms with van der Waals surface area (Å²) in [5, 5.41) is 0. The molecule has 1 aromatic carbocycles. The first kappa shape index (κ1) is 17.5. The maximum absolute atomic E-state index is 5.98. The van der Waals surface area contributed by atoms with Gasteiger partial charge < -0.3 is 4.74 Å². The Bertz CT molecular complexity index is 373. The lowest BCUT2D eigenvalue weighted by Crippen LogP contribution is -2.07. The van der Waals surface area contributed by atoms with Crippen LogP contribution in [0.4, 0.5) is 0 Å². The van der Waals surface area contributed by atoms with E-state index in [9.17, 15) is 0 Å². The summed E-state index contributed by atoms with van der Waals surface area (Å²) >= 11 is 0. The van der Waals surface area contributed by atoms with Gasteiger partial charge >= 0.3 is 0 Å². The van der Waals surface area contributed by atoms with Gasteiger partial charge in [-0.25, -0.2) is 0 Å². The van der Waals surface area contributed by atoms with Crippen LogP contribution in [-0.2, 0) is 4.74 Å². The Labute approximate surface area is 137 Å². The molecule has 0 N–H and O–H groups in total. The fourth-order valence-corrected chi connectivity index (χ4v) is 3.66. The van der Waals surface area contributed by atoms with E-state index in [1.807, 2.05) is 0 Å². The van der Waals surface area contributed by atoms with E-state index in [0.717, 1.165) is 12.5 Å². The lowest BCUT2D eigenvalue weighted by molar-refractivity contribution is 0.0880. The molecule has 1 saturated heterocycles. The van der Waals surface area contributed by atoms with Crippen LogP contribution in [0.1, 0.15) is 89.2 Å². The first-order valence-corrected chi connectivity index (χ1v) is 9.58. The molecule has 124 valence electrons. The zero-order valence-corrected chi connectivity index (χ0v) is 14.4. The Hall–Kier alpha value is -0.820. The van der Waals surface area contributed by atoms with E-state index >= 15 is 0 Å². The maximum atomic E-state index is 5.98. The van der Waals surface area contributed by atoms with Crippen molar-refractivity contribution in [2.24, 2.45) is 5.92 Å². The minimum atomic E-state index is 0.357. The van der Waals surface area contributed by atoms with Crippen LogP contribution < -0.4 is 0 Å². The molecule has 0 aromatic heterocycles. The minimum Gasteiger partial charge on any atom is -0.373 e. The van der Waals surface area contributed by atoms with E-state index < -0.39 is 0 Å². The third kappa shape index (κ3) is 6.12. The van der Waals surface area contributed by atoms with Crippen LogP contribution in [0, 0.1) is 5.92 Å². The van der Waals surface area contributed by atoms with Crippen molar-refractivity contribution in [1.82, 2.24) is 0 Å². The number of unbranched alkanes of at least 4 members (excludes halogenated alkanes) is 8. The summed E-state index contributed by atoms with van der Waals surface area (Å²) in [4.78, 5) is 0. The highest BCUT2D eigenvalue weighted by atomic mass is 16.5. The van der Waals surface area contributed by atoms with Gasteiger partial charge in [0.05, 0.1) is 6.10 Å². The molecule has 1 nitrogen and oxygen atoms in total. The molecule has 0 aliphatic carbocycles. The first-order valence-electron chi connectivity index (χ1n) is 9.58.